The molecule has 0 saturated carbocycles. The van der Waals surface area contributed by atoms with Gasteiger partial charge in [-0.2, -0.15) is 0 Å². The van der Waals surface area contributed by atoms with Crippen molar-refractivity contribution in [2.75, 3.05) is 12.4 Å². The minimum atomic E-state index is -0.864. The van der Waals surface area contributed by atoms with Crippen LogP contribution in [0.4, 0.5) is 4.79 Å². The summed E-state index contributed by atoms with van der Waals surface area (Å²) in [5, 5.41) is 7.45. The van der Waals surface area contributed by atoms with Crippen molar-refractivity contribution in [3.8, 4) is 5.75 Å². The average molecular weight is 198 g/mol. The molecule has 1 aromatic carbocycles. The first-order chi connectivity index (χ1) is 6.29. The minimum absolute atomic E-state index is 0.418. The number of hydrogen-bond donors (Lipinski definition) is 1. The molecule has 0 radical (unpaired) electrons. The third-order valence-corrected chi connectivity index (χ3v) is 1.94. The summed E-state index contributed by atoms with van der Waals surface area (Å²) >= 11 is 0.842. The molecule has 0 atom stereocenters. The summed E-state index contributed by atoms with van der Waals surface area (Å²) in [6, 6.07) is 9.33. The van der Waals surface area contributed by atoms with E-state index in [0.29, 0.717) is 12.4 Å². The third kappa shape index (κ3) is 4.42. The normalized spacial score (nSPS) is 9.54. The second-order valence-corrected chi connectivity index (χ2v) is 3.32. The maximum atomic E-state index is 10.1. The number of hydrogen-bond acceptors (Lipinski definition) is 3. The van der Waals surface area contributed by atoms with Gasteiger partial charge in [-0.05, 0) is 23.9 Å². The van der Waals surface area contributed by atoms with Gasteiger partial charge in [-0.25, -0.2) is 4.79 Å². The molecule has 0 unspecified atom stereocenters. The van der Waals surface area contributed by atoms with Crippen molar-refractivity contribution in [3.05, 3.63) is 30.3 Å². The third-order valence-electron chi connectivity index (χ3n) is 1.32. The van der Waals surface area contributed by atoms with Crippen molar-refractivity contribution >= 4 is 17.1 Å². The molecule has 0 aromatic heterocycles. The fourth-order valence-corrected chi connectivity index (χ4v) is 1.15. The molecular formula is C9H10O3S. The number of thioether (sulfide) groups is 1. The van der Waals surface area contributed by atoms with E-state index in [1.165, 1.54) is 0 Å². The quantitative estimate of drug-likeness (QED) is 0.755. The molecular weight excluding hydrogens is 188 g/mol. The Balaban J connectivity index is 2.17. The molecule has 0 amide bonds. The number of carbonyl (C=O) groups is 1. The molecule has 4 heteroatoms. The zero-order valence-corrected chi connectivity index (χ0v) is 7.79. The molecule has 0 aliphatic heterocycles. The first-order valence-corrected chi connectivity index (χ1v) is 4.81. The molecule has 1 rings (SSSR count). The Morgan fingerprint density at radius 2 is 2.08 bits per heavy atom. The lowest BCUT2D eigenvalue weighted by atomic mass is 10.3. The van der Waals surface area contributed by atoms with E-state index in [4.69, 9.17) is 9.84 Å². The van der Waals surface area contributed by atoms with Crippen molar-refractivity contribution in [2.45, 2.75) is 0 Å². The maximum Gasteiger partial charge on any atom is 0.364 e. The lowest BCUT2D eigenvalue weighted by molar-refractivity contribution is 0.222. The van der Waals surface area contributed by atoms with Gasteiger partial charge in [-0.3, -0.25) is 0 Å². The Bertz CT molecular complexity index is 261. The van der Waals surface area contributed by atoms with Crippen LogP contribution in [-0.4, -0.2) is 22.8 Å². The second kappa shape index (κ2) is 5.48. The molecule has 3 nitrogen and oxygen atoms in total. The van der Waals surface area contributed by atoms with E-state index < -0.39 is 5.30 Å². The van der Waals surface area contributed by atoms with Crippen LogP contribution in [0.3, 0.4) is 0 Å². The van der Waals surface area contributed by atoms with Gasteiger partial charge < -0.3 is 9.84 Å². The van der Waals surface area contributed by atoms with E-state index in [1.54, 1.807) is 0 Å². The monoisotopic (exact) mass is 198 g/mol. The summed E-state index contributed by atoms with van der Waals surface area (Å²) in [5.41, 5.74) is 0. The van der Waals surface area contributed by atoms with Crippen LogP contribution in [0.1, 0.15) is 0 Å². The lowest BCUT2D eigenvalue weighted by Gasteiger charge is -2.03. The summed E-state index contributed by atoms with van der Waals surface area (Å²) in [4.78, 5) is 10.1. The molecule has 0 bridgehead atoms. The topological polar surface area (TPSA) is 46.5 Å². The zero-order valence-electron chi connectivity index (χ0n) is 6.97. The van der Waals surface area contributed by atoms with E-state index in [1.807, 2.05) is 30.3 Å². The van der Waals surface area contributed by atoms with Crippen LogP contribution < -0.4 is 4.74 Å². The number of benzene rings is 1. The second-order valence-electron chi connectivity index (χ2n) is 2.28. The average Bonchev–Trinajstić information content (AvgIpc) is 2.14. The first-order valence-electron chi connectivity index (χ1n) is 3.82. The summed E-state index contributed by atoms with van der Waals surface area (Å²) < 4.78 is 5.27. The number of para-hydroxylation sites is 1. The molecule has 0 spiro atoms. The summed E-state index contributed by atoms with van der Waals surface area (Å²) in [6.07, 6.45) is 0. The maximum absolute atomic E-state index is 10.1. The van der Waals surface area contributed by atoms with Crippen LogP contribution in [0.25, 0.3) is 0 Å². The van der Waals surface area contributed by atoms with E-state index in [0.717, 1.165) is 17.5 Å². The molecule has 70 valence electrons. The Kier molecular flexibility index (Phi) is 4.18. The highest BCUT2D eigenvalue weighted by Crippen LogP contribution is 2.09. The first kappa shape index (κ1) is 9.92. The SMILES string of the molecule is O=C(O)SCCOc1ccccc1. The van der Waals surface area contributed by atoms with Crippen LogP contribution in [0.2, 0.25) is 0 Å². The minimum Gasteiger partial charge on any atom is -0.493 e. The van der Waals surface area contributed by atoms with E-state index in [-0.39, 0.29) is 0 Å². The van der Waals surface area contributed by atoms with Gasteiger partial charge >= 0.3 is 5.30 Å². The molecule has 0 saturated heterocycles. The van der Waals surface area contributed by atoms with Crippen LogP contribution in [0.15, 0.2) is 30.3 Å². The highest BCUT2D eigenvalue weighted by Gasteiger charge is 1.97. The lowest BCUT2D eigenvalue weighted by Crippen LogP contribution is -2.01. The molecule has 0 fully saturated rings. The smallest absolute Gasteiger partial charge is 0.364 e. The molecule has 1 aromatic rings. The summed E-state index contributed by atoms with van der Waals surface area (Å²) in [5.74, 6) is 1.23. The fraction of sp³-hybridized carbons (Fsp3) is 0.222. The van der Waals surface area contributed by atoms with E-state index in [2.05, 4.69) is 0 Å². The number of rotatable bonds is 4. The van der Waals surface area contributed by atoms with Gasteiger partial charge in [-0.1, -0.05) is 18.2 Å². The zero-order chi connectivity index (χ0) is 9.52. The van der Waals surface area contributed by atoms with Crippen molar-refractivity contribution < 1.29 is 14.6 Å². The standard InChI is InChI=1S/C9H10O3S/c10-9(11)13-7-6-12-8-4-2-1-3-5-8/h1-5H,6-7H2,(H,10,11). The number of ether oxygens (including phenoxy) is 1. The van der Waals surface area contributed by atoms with Gasteiger partial charge in [0.2, 0.25) is 0 Å². The van der Waals surface area contributed by atoms with Gasteiger partial charge in [-0.15, -0.1) is 0 Å². The molecule has 13 heavy (non-hydrogen) atoms. The highest BCUT2D eigenvalue weighted by molar-refractivity contribution is 8.13. The van der Waals surface area contributed by atoms with Crippen molar-refractivity contribution in [1.29, 1.82) is 0 Å². The van der Waals surface area contributed by atoms with Crippen LogP contribution in [-0.2, 0) is 0 Å². The van der Waals surface area contributed by atoms with Crippen LogP contribution >= 0.6 is 11.8 Å². The van der Waals surface area contributed by atoms with E-state index in [9.17, 15) is 4.79 Å². The Morgan fingerprint density at radius 1 is 1.38 bits per heavy atom. The van der Waals surface area contributed by atoms with Gasteiger partial charge in [0.1, 0.15) is 5.75 Å². The Hall–Kier alpha value is -1.16. The predicted octanol–water partition coefficient (Wildman–Crippen LogP) is 2.48. The Morgan fingerprint density at radius 3 is 2.69 bits per heavy atom. The largest absolute Gasteiger partial charge is 0.493 e. The van der Waals surface area contributed by atoms with Gasteiger partial charge in [0.25, 0.3) is 0 Å². The molecule has 0 heterocycles. The predicted molar refractivity (Wildman–Crippen MR) is 52.4 cm³/mol. The van der Waals surface area contributed by atoms with Gasteiger partial charge in [0.15, 0.2) is 0 Å². The van der Waals surface area contributed by atoms with Crippen molar-refractivity contribution in [1.82, 2.24) is 0 Å². The summed E-state index contributed by atoms with van der Waals surface area (Å²) in [6.45, 7) is 0.418. The van der Waals surface area contributed by atoms with Crippen LogP contribution in [0, 0.1) is 0 Å². The fourth-order valence-electron chi connectivity index (χ4n) is 0.805. The van der Waals surface area contributed by atoms with Gasteiger partial charge in [0.05, 0.1) is 6.61 Å². The summed E-state index contributed by atoms with van der Waals surface area (Å²) in [7, 11) is 0. The van der Waals surface area contributed by atoms with Gasteiger partial charge in [0, 0.05) is 5.75 Å². The molecule has 1 N–H and O–H groups in total. The van der Waals surface area contributed by atoms with Crippen molar-refractivity contribution in [3.63, 3.8) is 0 Å². The number of carboxylic acid groups (broad SMARTS) is 1. The molecule has 0 aliphatic rings. The molecule has 0 aliphatic carbocycles. The van der Waals surface area contributed by atoms with Crippen molar-refractivity contribution in [2.24, 2.45) is 0 Å². The Labute approximate surface area is 80.7 Å². The highest BCUT2D eigenvalue weighted by atomic mass is 32.2. The van der Waals surface area contributed by atoms with E-state index >= 15 is 0 Å². The van der Waals surface area contributed by atoms with Crippen LogP contribution in [0.5, 0.6) is 5.75 Å².